The molecule has 0 atom stereocenters. The smallest absolute Gasteiger partial charge is 0.188 e. The third-order valence-electron chi connectivity index (χ3n) is 6.96. The fraction of sp³-hybridized carbons (Fsp3) is 0.947. The molecule has 3 N–H and O–H groups in total. The van der Waals surface area contributed by atoms with E-state index in [1.165, 1.54) is 32.1 Å². The summed E-state index contributed by atoms with van der Waals surface area (Å²) in [5, 5.41) is 3.31. The summed E-state index contributed by atoms with van der Waals surface area (Å²) in [6, 6.07) is 0. The summed E-state index contributed by atoms with van der Waals surface area (Å²) in [5.41, 5.74) is 6.10. The molecule has 0 aromatic rings. The van der Waals surface area contributed by atoms with Gasteiger partial charge in [-0.1, -0.05) is 0 Å². The average molecular weight is 335 g/mol. The predicted octanol–water partition coefficient (Wildman–Crippen LogP) is 1.69. The van der Waals surface area contributed by atoms with Crippen LogP contribution in [0.1, 0.15) is 38.5 Å². The number of nitrogens with zero attached hydrogens (tertiary/aromatic N) is 2. The molecule has 5 heteroatoms. The zero-order valence-corrected chi connectivity index (χ0v) is 15.0. The second-order valence-electron chi connectivity index (χ2n) is 8.55. The summed E-state index contributed by atoms with van der Waals surface area (Å²) >= 11 is 0. The van der Waals surface area contributed by atoms with E-state index in [0.29, 0.717) is 5.96 Å². The minimum atomic E-state index is 0.658. The Bertz CT molecular complexity index is 419. The molecular formula is C19H34N4O. The van der Waals surface area contributed by atoms with Gasteiger partial charge in [0, 0.05) is 26.2 Å². The van der Waals surface area contributed by atoms with Gasteiger partial charge in [-0.15, -0.1) is 0 Å². The minimum absolute atomic E-state index is 0.658. The van der Waals surface area contributed by atoms with Crippen molar-refractivity contribution in [3.05, 3.63) is 0 Å². The highest BCUT2D eigenvalue weighted by Crippen LogP contribution is 2.56. The normalized spacial score (nSPS) is 39.3. The molecule has 4 aliphatic carbocycles. The Labute approximate surface area is 146 Å². The number of morpholine rings is 1. The van der Waals surface area contributed by atoms with Gasteiger partial charge in [0.2, 0.25) is 0 Å². The van der Waals surface area contributed by atoms with Crippen LogP contribution in [0, 0.1) is 29.6 Å². The number of guanidine groups is 1. The number of hydrogen-bond acceptors (Lipinski definition) is 3. The lowest BCUT2D eigenvalue weighted by molar-refractivity contribution is -0.0320. The van der Waals surface area contributed by atoms with E-state index in [1.807, 2.05) is 0 Å². The highest BCUT2D eigenvalue weighted by Gasteiger charge is 2.47. The van der Waals surface area contributed by atoms with E-state index in [1.54, 1.807) is 0 Å². The lowest BCUT2D eigenvalue weighted by atomic mass is 9.52. The highest BCUT2D eigenvalue weighted by atomic mass is 16.5. The van der Waals surface area contributed by atoms with Crippen molar-refractivity contribution in [2.24, 2.45) is 40.3 Å². The van der Waals surface area contributed by atoms with Gasteiger partial charge in [0.05, 0.1) is 13.2 Å². The monoisotopic (exact) mass is 334 g/mol. The summed E-state index contributed by atoms with van der Waals surface area (Å²) in [6.45, 7) is 6.89. The quantitative estimate of drug-likeness (QED) is 0.441. The lowest BCUT2D eigenvalue weighted by Crippen LogP contribution is -2.46. The van der Waals surface area contributed by atoms with Crippen LogP contribution in [-0.4, -0.2) is 56.8 Å². The third kappa shape index (κ3) is 3.88. The van der Waals surface area contributed by atoms with Crippen molar-refractivity contribution in [2.75, 3.05) is 45.9 Å². The zero-order valence-electron chi connectivity index (χ0n) is 15.0. The average Bonchev–Trinajstić information content (AvgIpc) is 2.58. The molecule has 24 heavy (non-hydrogen) atoms. The number of hydrogen-bond donors (Lipinski definition) is 2. The molecule has 5 nitrogen and oxygen atoms in total. The van der Waals surface area contributed by atoms with Gasteiger partial charge < -0.3 is 15.8 Å². The van der Waals surface area contributed by atoms with Crippen LogP contribution in [0.5, 0.6) is 0 Å². The van der Waals surface area contributed by atoms with Gasteiger partial charge in [0.1, 0.15) is 0 Å². The standard InChI is InChI=1S/C19H34N4O/c20-19(21-2-1-3-23-4-6-24-7-5-23)22-13-18-16-9-14-8-15(11-16)12-17(18)10-14/h14-18H,1-13H2,(H3,20,21,22). The van der Waals surface area contributed by atoms with Crippen LogP contribution in [0.25, 0.3) is 0 Å². The molecule has 4 saturated carbocycles. The fourth-order valence-corrected chi connectivity index (χ4v) is 5.94. The molecule has 5 aliphatic rings. The fourth-order valence-electron chi connectivity index (χ4n) is 5.94. The maximum atomic E-state index is 6.10. The van der Waals surface area contributed by atoms with E-state index in [2.05, 4.69) is 10.2 Å². The van der Waals surface area contributed by atoms with Gasteiger partial charge in [-0.2, -0.15) is 0 Å². The molecule has 0 unspecified atom stereocenters. The molecule has 0 aromatic heterocycles. The van der Waals surface area contributed by atoms with Gasteiger partial charge in [0.15, 0.2) is 5.96 Å². The van der Waals surface area contributed by atoms with Crippen molar-refractivity contribution in [1.29, 1.82) is 0 Å². The van der Waals surface area contributed by atoms with E-state index in [0.717, 1.165) is 81.9 Å². The van der Waals surface area contributed by atoms with Gasteiger partial charge in [0.25, 0.3) is 0 Å². The van der Waals surface area contributed by atoms with Gasteiger partial charge in [-0.05, 0) is 74.7 Å². The van der Waals surface area contributed by atoms with Crippen LogP contribution in [0.2, 0.25) is 0 Å². The first-order chi connectivity index (χ1) is 11.8. The molecule has 0 spiro atoms. The summed E-state index contributed by atoms with van der Waals surface area (Å²) in [4.78, 5) is 7.17. The van der Waals surface area contributed by atoms with Gasteiger partial charge in [-0.3, -0.25) is 9.89 Å². The Morgan fingerprint density at radius 3 is 2.38 bits per heavy atom. The van der Waals surface area contributed by atoms with E-state index < -0.39 is 0 Å². The molecule has 0 amide bonds. The van der Waals surface area contributed by atoms with Crippen LogP contribution >= 0.6 is 0 Å². The van der Waals surface area contributed by atoms with Crippen molar-refractivity contribution in [1.82, 2.24) is 10.2 Å². The Morgan fingerprint density at radius 1 is 1.04 bits per heavy atom. The van der Waals surface area contributed by atoms with Crippen molar-refractivity contribution < 1.29 is 4.74 Å². The summed E-state index contributed by atoms with van der Waals surface area (Å²) in [7, 11) is 0. The molecule has 0 aromatic carbocycles. The van der Waals surface area contributed by atoms with E-state index in [9.17, 15) is 0 Å². The third-order valence-corrected chi connectivity index (χ3v) is 6.96. The number of ether oxygens (including phenoxy) is 1. The summed E-state index contributed by atoms with van der Waals surface area (Å²) in [5.74, 6) is 5.45. The molecule has 1 saturated heterocycles. The predicted molar refractivity (Wildman–Crippen MR) is 96.9 cm³/mol. The van der Waals surface area contributed by atoms with E-state index >= 15 is 0 Å². The maximum Gasteiger partial charge on any atom is 0.188 e. The Hall–Kier alpha value is -0.810. The molecule has 136 valence electrons. The second kappa shape index (κ2) is 7.61. The van der Waals surface area contributed by atoms with Gasteiger partial charge >= 0.3 is 0 Å². The van der Waals surface area contributed by atoms with E-state index in [4.69, 9.17) is 15.5 Å². The topological polar surface area (TPSA) is 62.9 Å². The van der Waals surface area contributed by atoms with Crippen LogP contribution in [0.4, 0.5) is 0 Å². The molecular weight excluding hydrogens is 300 g/mol. The zero-order chi connectivity index (χ0) is 16.4. The summed E-state index contributed by atoms with van der Waals surface area (Å²) < 4.78 is 5.38. The Morgan fingerprint density at radius 2 is 1.71 bits per heavy atom. The molecule has 5 fully saturated rings. The number of rotatable bonds is 6. The SMILES string of the molecule is NC(=NCC1C2CC3CC(C2)CC1C3)NCCCN1CCOCC1. The number of aliphatic imine (C=N–C) groups is 1. The molecule has 4 bridgehead atoms. The first-order valence-corrected chi connectivity index (χ1v) is 10.1. The van der Waals surface area contributed by atoms with Crippen molar-refractivity contribution >= 4 is 5.96 Å². The van der Waals surface area contributed by atoms with Crippen LogP contribution in [0.15, 0.2) is 4.99 Å². The number of nitrogens with two attached hydrogens (primary N) is 1. The first-order valence-electron chi connectivity index (χ1n) is 10.1. The van der Waals surface area contributed by atoms with Crippen LogP contribution in [0.3, 0.4) is 0 Å². The number of nitrogens with one attached hydrogen (secondary N) is 1. The lowest BCUT2D eigenvalue weighted by Gasteiger charge is -2.54. The van der Waals surface area contributed by atoms with Crippen molar-refractivity contribution in [2.45, 2.75) is 38.5 Å². The Kier molecular flexibility index (Phi) is 5.28. The molecule has 1 aliphatic heterocycles. The minimum Gasteiger partial charge on any atom is -0.379 e. The van der Waals surface area contributed by atoms with Crippen LogP contribution < -0.4 is 11.1 Å². The highest BCUT2D eigenvalue weighted by molar-refractivity contribution is 5.77. The maximum absolute atomic E-state index is 6.10. The van der Waals surface area contributed by atoms with Gasteiger partial charge in [-0.25, -0.2) is 0 Å². The Balaban J connectivity index is 1.16. The summed E-state index contributed by atoms with van der Waals surface area (Å²) in [6.07, 6.45) is 8.53. The van der Waals surface area contributed by atoms with Crippen molar-refractivity contribution in [3.8, 4) is 0 Å². The van der Waals surface area contributed by atoms with E-state index in [-0.39, 0.29) is 0 Å². The van der Waals surface area contributed by atoms with Crippen LogP contribution in [-0.2, 0) is 4.74 Å². The largest absolute Gasteiger partial charge is 0.379 e. The second-order valence-corrected chi connectivity index (χ2v) is 8.55. The molecule has 1 heterocycles. The van der Waals surface area contributed by atoms with Crippen molar-refractivity contribution in [3.63, 3.8) is 0 Å². The molecule has 0 radical (unpaired) electrons. The molecule has 5 rings (SSSR count). The first kappa shape index (κ1) is 16.6.